The molecule has 0 bridgehead atoms. The molecule has 0 saturated heterocycles. The van der Waals surface area contributed by atoms with Crippen molar-refractivity contribution in [2.24, 2.45) is 0 Å². The first-order chi connectivity index (χ1) is 14.3. The summed E-state index contributed by atoms with van der Waals surface area (Å²) in [6.45, 7) is 11.4. The monoisotopic (exact) mass is 405 g/mol. The van der Waals surface area contributed by atoms with Crippen LogP contribution in [0, 0.1) is 34.6 Å². The highest BCUT2D eigenvalue weighted by atomic mass is 16.5. The molecular formula is C26H31NO3. The minimum Gasteiger partial charge on any atom is -0.497 e. The summed E-state index contributed by atoms with van der Waals surface area (Å²) in [4.78, 5) is 12.5. The number of furan rings is 1. The maximum absolute atomic E-state index is 12.5. The zero-order chi connectivity index (χ0) is 21.8. The van der Waals surface area contributed by atoms with E-state index in [2.05, 4.69) is 39.9 Å². The molecule has 158 valence electrons. The predicted octanol–water partition coefficient (Wildman–Crippen LogP) is 5.39. The largest absolute Gasteiger partial charge is 0.497 e. The summed E-state index contributed by atoms with van der Waals surface area (Å²) in [6, 6.07) is 11.5. The number of carbonyl (C=O) groups is 1. The summed E-state index contributed by atoms with van der Waals surface area (Å²) in [5.74, 6) is 1.80. The second kappa shape index (κ2) is 9.21. The Morgan fingerprint density at radius 3 is 2.27 bits per heavy atom. The Bertz CT molecular complexity index is 1030. The van der Waals surface area contributed by atoms with Crippen LogP contribution < -0.4 is 10.1 Å². The topological polar surface area (TPSA) is 51.5 Å². The number of methoxy groups -OCH3 is 1. The lowest BCUT2D eigenvalue weighted by molar-refractivity contribution is 0.0925. The van der Waals surface area contributed by atoms with Gasteiger partial charge >= 0.3 is 0 Å². The molecule has 0 atom stereocenters. The smallest absolute Gasteiger partial charge is 0.287 e. The van der Waals surface area contributed by atoms with E-state index in [4.69, 9.17) is 9.15 Å². The standard InChI is InChI=1S/C26H31NO3/c1-16-17(2)19(4)24(20(5)18(16)3)15-23-10-11-25(30-23)26(28)27-13-12-21-8-7-9-22(14-21)29-6/h7-11,14H,12-13,15H2,1-6H3,(H,27,28). The summed E-state index contributed by atoms with van der Waals surface area (Å²) in [6.07, 6.45) is 1.42. The molecule has 0 saturated carbocycles. The number of hydrogen-bond donors (Lipinski definition) is 1. The fourth-order valence-corrected chi connectivity index (χ4v) is 3.85. The average Bonchev–Trinajstić information content (AvgIpc) is 3.23. The van der Waals surface area contributed by atoms with Crippen molar-refractivity contribution in [1.82, 2.24) is 5.32 Å². The number of rotatable bonds is 7. The predicted molar refractivity (Wildman–Crippen MR) is 121 cm³/mol. The van der Waals surface area contributed by atoms with Crippen molar-refractivity contribution in [2.75, 3.05) is 13.7 Å². The zero-order valence-electron chi connectivity index (χ0n) is 18.8. The van der Waals surface area contributed by atoms with Gasteiger partial charge in [0.25, 0.3) is 5.91 Å². The lowest BCUT2D eigenvalue weighted by Crippen LogP contribution is -2.25. The molecule has 1 heterocycles. The average molecular weight is 406 g/mol. The Labute approximate surface area is 179 Å². The number of nitrogens with one attached hydrogen (secondary N) is 1. The molecule has 3 aromatic rings. The fraction of sp³-hybridized carbons (Fsp3) is 0.346. The first-order valence-corrected chi connectivity index (χ1v) is 10.4. The van der Waals surface area contributed by atoms with Crippen LogP contribution in [0.4, 0.5) is 0 Å². The highest BCUT2D eigenvalue weighted by Gasteiger charge is 2.16. The second-order valence-electron chi connectivity index (χ2n) is 7.90. The van der Waals surface area contributed by atoms with E-state index >= 15 is 0 Å². The van der Waals surface area contributed by atoms with Gasteiger partial charge in [0.15, 0.2) is 5.76 Å². The van der Waals surface area contributed by atoms with E-state index in [9.17, 15) is 4.79 Å². The van der Waals surface area contributed by atoms with Gasteiger partial charge in [0, 0.05) is 13.0 Å². The third-order valence-corrected chi connectivity index (χ3v) is 6.23. The molecule has 30 heavy (non-hydrogen) atoms. The summed E-state index contributed by atoms with van der Waals surface area (Å²) >= 11 is 0. The van der Waals surface area contributed by atoms with Gasteiger partial charge < -0.3 is 14.5 Å². The van der Waals surface area contributed by atoms with Crippen molar-refractivity contribution >= 4 is 5.91 Å². The molecule has 0 aliphatic heterocycles. The lowest BCUT2D eigenvalue weighted by Gasteiger charge is -2.18. The minimum atomic E-state index is -0.186. The van der Waals surface area contributed by atoms with E-state index in [0.717, 1.165) is 23.5 Å². The summed E-state index contributed by atoms with van der Waals surface area (Å²) in [5.41, 5.74) is 9.02. The molecule has 0 spiro atoms. The molecule has 0 aliphatic carbocycles. The van der Waals surface area contributed by atoms with E-state index in [0.29, 0.717) is 18.7 Å². The van der Waals surface area contributed by atoms with Gasteiger partial charge in [-0.15, -0.1) is 0 Å². The normalized spacial score (nSPS) is 10.9. The van der Waals surface area contributed by atoms with Crippen LogP contribution in [0.3, 0.4) is 0 Å². The maximum Gasteiger partial charge on any atom is 0.287 e. The first-order valence-electron chi connectivity index (χ1n) is 10.4. The number of carbonyl (C=O) groups excluding carboxylic acids is 1. The lowest BCUT2D eigenvalue weighted by atomic mass is 9.88. The van der Waals surface area contributed by atoms with Crippen LogP contribution in [-0.4, -0.2) is 19.6 Å². The van der Waals surface area contributed by atoms with Gasteiger partial charge in [0.1, 0.15) is 11.5 Å². The van der Waals surface area contributed by atoms with Crippen LogP contribution >= 0.6 is 0 Å². The number of hydrogen-bond acceptors (Lipinski definition) is 3. The maximum atomic E-state index is 12.5. The first kappa shape index (κ1) is 21.7. The third-order valence-electron chi connectivity index (χ3n) is 6.23. The van der Waals surface area contributed by atoms with Crippen molar-refractivity contribution in [3.05, 3.63) is 86.9 Å². The molecule has 3 rings (SSSR count). The molecule has 0 fully saturated rings. The Morgan fingerprint density at radius 1 is 0.933 bits per heavy atom. The SMILES string of the molecule is COc1cccc(CCNC(=O)c2ccc(Cc3c(C)c(C)c(C)c(C)c3C)o2)c1. The Hall–Kier alpha value is -3.01. The van der Waals surface area contributed by atoms with Crippen LogP contribution in [0.5, 0.6) is 5.75 Å². The highest BCUT2D eigenvalue weighted by molar-refractivity contribution is 5.91. The van der Waals surface area contributed by atoms with Crippen LogP contribution in [0.15, 0.2) is 40.8 Å². The third kappa shape index (κ3) is 4.59. The Morgan fingerprint density at radius 2 is 1.60 bits per heavy atom. The van der Waals surface area contributed by atoms with E-state index in [1.54, 1.807) is 13.2 Å². The van der Waals surface area contributed by atoms with E-state index in [-0.39, 0.29) is 5.91 Å². The van der Waals surface area contributed by atoms with Crippen molar-refractivity contribution in [3.8, 4) is 5.75 Å². The minimum absolute atomic E-state index is 0.186. The molecule has 2 aromatic carbocycles. The molecular weight excluding hydrogens is 374 g/mol. The van der Waals surface area contributed by atoms with Crippen molar-refractivity contribution in [2.45, 2.75) is 47.5 Å². The van der Waals surface area contributed by atoms with Crippen LogP contribution in [0.25, 0.3) is 0 Å². The van der Waals surface area contributed by atoms with Crippen LogP contribution in [-0.2, 0) is 12.8 Å². The molecule has 0 aliphatic rings. The van der Waals surface area contributed by atoms with Gasteiger partial charge in [-0.2, -0.15) is 0 Å². The van der Waals surface area contributed by atoms with Crippen LogP contribution in [0.2, 0.25) is 0 Å². The quantitative estimate of drug-likeness (QED) is 0.573. The van der Waals surface area contributed by atoms with Gasteiger partial charge in [-0.25, -0.2) is 0 Å². The van der Waals surface area contributed by atoms with E-state index in [1.807, 2.05) is 30.3 Å². The highest BCUT2D eigenvalue weighted by Crippen LogP contribution is 2.28. The number of benzene rings is 2. The fourth-order valence-electron chi connectivity index (χ4n) is 3.85. The van der Waals surface area contributed by atoms with Gasteiger partial charge in [-0.3, -0.25) is 4.79 Å². The Balaban J connectivity index is 1.64. The number of amides is 1. The Kier molecular flexibility index (Phi) is 6.66. The van der Waals surface area contributed by atoms with Gasteiger partial charge in [-0.1, -0.05) is 12.1 Å². The molecule has 0 radical (unpaired) electrons. The van der Waals surface area contributed by atoms with E-state index in [1.165, 1.54) is 33.4 Å². The molecule has 4 heteroatoms. The molecule has 0 unspecified atom stereocenters. The summed E-state index contributed by atoms with van der Waals surface area (Å²) in [7, 11) is 1.65. The summed E-state index contributed by atoms with van der Waals surface area (Å²) in [5, 5.41) is 2.94. The molecule has 1 amide bonds. The van der Waals surface area contributed by atoms with Gasteiger partial charge in [0.05, 0.1) is 7.11 Å². The zero-order valence-corrected chi connectivity index (χ0v) is 18.8. The van der Waals surface area contributed by atoms with Crippen molar-refractivity contribution in [3.63, 3.8) is 0 Å². The summed E-state index contributed by atoms with van der Waals surface area (Å²) < 4.78 is 11.1. The second-order valence-corrected chi connectivity index (χ2v) is 7.90. The molecule has 4 nitrogen and oxygen atoms in total. The molecule has 1 N–H and O–H groups in total. The van der Waals surface area contributed by atoms with Crippen LogP contribution in [0.1, 0.15) is 55.3 Å². The van der Waals surface area contributed by atoms with Gasteiger partial charge in [0.2, 0.25) is 0 Å². The van der Waals surface area contributed by atoms with E-state index < -0.39 is 0 Å². The van der Waals surface area contributed by atoms with Crippen molar-refractivity contribution in [1.29, 1.82) is 0 Å². The number of ether oxygens (including phenoxy) is 1. The molecule has 1 aromatic heterocycles. The van der Waals surface area contributed by atoms with Crippen molar-refractivity contribution < 1.29 is 13.9 Å². The van der Waals surface area contributed by atoms with Gasteiger partial charge in [-0.05, 0) is 104 Å².